The van der Waals surface area contributed by atoms with Gasteiger partial charge < -0.3 is 19.5 Å². The molecule has 0 unspecified atom stereocenters. The van der Waals surface area contributed by atoms with Gasteiger partial charge in [-0.2, -0.15) is 0 Å². The molecule has 0 aliphatic carbocycles. The molecular weight excluding hydrogens is 537 g/mol. The van der Waals surface area contributed by atoms with Crippen molar-refractivity contribution in [3.05, 3.63) is 107 Å². The molecule has 1 fully saturated rings. The van der Waals surface area contributed by atoms with Crippen molar-refractivity contribution in [2.75, 3.05) is 18.5 Å². The number of benzene rings is 3. The number of amides is 2. The zero-order valence-corrected chi connectivity index (χ0v) is 21.7. The van der Waals surface area contributed by atoms with Gasteiger partial charge in [0.2, 0.25) is 5.91 Å². The van der Waals surface area contributed by atoms with E-state index in [0.717, 1.165) is 38.1 Å². The smallest absolute Gasteiger partial charge is 0.250 e. The number of aromatic nitrogens is 1. The van der Waals surface area contributed by atoms with E-state index in [0.29, 0.717) is 13.0 Å². The highest BCUT2D eigenvalue weighted by Gasteiger charge is 2.35. The lowest BCUT2D eigenvalue weighted by Gasteiger charge is -2.24. The van der Waals surface area contributed by atoms with Crippen molar-refractivity contribution in [2.45, 2.75) is 19.6 Å². The molecule has 1 atom stereocenters. The zero-order valence-electron chi connectivity index (χ0n) is 20.2. The van der Waals surface area contributed by atoms with Gasteiger partial charge in [0.15, 0.2) is 6.23 Å². The fourth-order valence-electron chi connectivity index (χ4n) is 4.46. The van der Waals surface area contributed by atoms with Crippen LogP contribution in [0.4, 0.5) is 10.1 Å². The quantitative estimate of drug-likeness (QED) is 0.296. The molecule has 3 aromatic carbocycles. The fourth-order valence-corrected chi connectivity index (χ4v) is 4.73. The standard InChI is InChI=1S/C29H25BrFN3O3/c1-19(35)32-24-10-2-20(3-11-24)14-15-34-28(36)18-37-29(34)27-17-33(25-12-6-22(30)7-13-25)16-26(27)21-4-8-23(31)9-5-21/h2-13,16-17,29H,14-15,18H2,1H3,(H,32,35)/t29-/m1/s1. The normalized spacial score (nSPS) is 15.3. The molecular formula is C29H25BrFN3O3. The minimum atomic E-state index is -0.567. The Hall–Kier alpha value is -3.75. The number of rotatable bonds is 7. The Bertz CT molecular complexity index is 1420. The molecule has 2 heterocycles. The van der Waals surface area contributed by atoms with Crippen LogP contribution in [-0.4, -0.2) is 34.4 Å². The van der Waals surface area contributed by atoms with E-state index in [1.54, 1.807) is 17.0 Å². The van der Waals surface area contributed by atoms with Crippen molar-refractivity contribution in [3.8, 4) is 16.8 Å². The van der Waals surface area contributed by atoms with E-state index in [1.165, 1.54) is 19.1 Å². The van der Waals surface area contributed by atoms with Gasteiger partial charge in [0, 0.05) is 52.8 Å². The largest absolute Gasteiger partial charge is 0.344 e. The first-order chi connectivity index (χ1) is 17.9. The van der Waals surface area contributed by atoms with Crippen molar-refractivity contribution in [3.63, 3.8) is 0 Å². The molecule has 188 valence electrons. The summed E-state index contributed by atoms with van der Waals surface area (Å²) in [5, 5.41) is 2.76. The van der Waals surface area contributed by atoms with Crippen LogP contribution in [0, 0.1) is 5.82 Å². The van der Waals surface area contributed by atoms with Gasteiger partial charge in [0.25, 0.3) is 5.91 Å². The minimum Gasteiger partial charge on any atom is -0.344 e. The minimum absolute atomic E-state index is 0.00153. The number of carbonyl (C=O) groups is 2. The summed E-state index contributed by atoms with van der Waals surface area (Å²) in [6.45, 7) is 1.94. The third-order valence-electron chi connectivity index (χ3n) is 6.29. The van der Waals surface area contributed by atoms with E-state index in [9.17, 15) is 14.0 Å². The summed E-state index contributed by atoms with van der Waals surface area (Å²) in [6, 6.07) is 21.8. The molecule has 2 amide bonds. The lowest BCUT2D eigenvalue weighted by atomic mass is 10.0. The van der Waals surface area contributed by atoms with Crippen LogP contribution in [-0.2, 0) is 20.7 Å². The second-order valence-corrected chi connectivity index (χ2v) is 9.81. The highest BCUT2D eigenvalue weighted by molar-refractivity contribution is 9.10. The van der Waals surface area contributed by atoms with Crippen molar-refractivity contribution < 1.29 is 18.7 Å². The van der Waals surface area contributed by atoms with Gasteiger partial charge in [-0.25, -0.2) is 4.39 Å². The van der Waals surface area contributed by atoms with E-state index in [1.807, 2.05) is 65.5 Å². The third kappa shape index (κ3) is 5.65. The molecule has 37 heavy (non-hydrogen) atoms. The topological polar surface area (TPSA) is 63.6 Å². The highest BCUT2D eigenvalue weighted by atomic mass is 79.9. The lowest BCUT2D eigenvalue weighted by Crippen LogP contribution is -2.30. The van der Waals surface area contributed by atoms with Crippen LogP contribution in [0.3, 0.4) is 0 Å². The number of carbonyl (C=O) groups excluding carboxylic acids is 2. The van der Waals surface area contributed by atoms with E-state index in [2.05, 4.69) is 21.2 Å². The van der Waals surface area contributed by atoms with Crippen LogP contribution in [0.2, 0.25) is 0 Å². The second-order valence-electron chi connectivity index (χ2n) is 8.90. The predicted molar refractivity (Wildman–Crippen MR) is 144 cm³/mol. The Morgan fingerprint density at radius 1 is 1.03 bits per heavy atom. The maximum absolute atomic E-state index is 13.7. The highest BCUT2D eigenvalue weighted by Crippen LogP contribution is 2.37. The number of ether oxygens (including phenoxy) is 1. The molecule has 1 saturated heterocycles. The number of hydrogen-bond acceptors (Lipinski definition) is 3. The van der Waals surface area contributed by atoms with Crippen molar-refractivity contribution in [2.24, 2.45) is 0 Å². The Morgan fingerprint density at radius 3 is 2.41 bits per heavy atom. The Kier molecular flexibility index (Phi) is 7.21. The molecule has 5 rings (SSSR count). The third-order valence-corrected chi connectivity index (χ3v) is 6.82. The summed E-state index contributed by atoms with van der Waals surface area (Å²) < 4.78 is 22.6. The first-order valence-electron chi connectivity index (χ1n) is 11.9. The number of halogens is 2. The van der Waals surface area contributed by atoms with Crippen LogP contribution in [0.5, 0.6) is 0 Å². The molecule has 1 aliphatic rings. The van der Waals surface area contributed by atoms with Crippen LogP contribution in [0.25, 0.3) is 16.8 Å². The molecule has 1 aromatic heterocycles. The molecule has 0 bridgehead atoms. The summed E-state index contributed by atoms with van der Waals surface area (Å²) in [4.78, 5) is 25.9. The van der Waals surface area contributed by atoms with Gasteiger partial charge in [0.05, 0.1) is 0 Å². The SMILES string of the molecule is CC(=O)Nc1ccc(CCN2C(=O)CO[C@@H]2c2cn(-c3ccc(Br)cc3)cc2-c2ccc(F)cc2)cc1. The van der Waals surface area contributed by atoms with Crippen LogP contribution in [0.1, 0.15) is 24.3 Å². The van der Waals surface area contributed by atoms with Gasteiger partial charge in [-0.05, 0) is 66.1 Å². The fraction of sp³-hybridized carbons (Fsp3) is 0.172. The van der Waals surface area contributed by atoms with Gasteiger partial charge in [-0.15, -0.1) is 0 Å². The van der Waals surface area contributed by atoms with Gasteiger partial charge >= 0.3 is 0 Å². The van der Waals surface area contributed by atoms with Gasteiger partial charge in [0.1, 0.15) is 12.4 Å². The molecule has 0 spiro atoms. The number of nitrogens with one attached hydrogen (secondary N) is 1. The van der Waals surface area contributed by atoms with E-state index in [-0.39, 0.29) is 24.2 Å². The summed E-state index contributed by atoms with van der Waals surface area (Å²) >= 11 is 3.47. The first-order valence-corrected chi connectivity index (χ1v) is 12.7. The Morgan fingerprint density at radius 2 is 1.73 bits per heavy atom. The Balaban J connectivity index is 1.44. The maximum Gasteiger partial charge on any atom is 0.250 e. The lowest BCUT2D eigenvalue weighted by molar-refractivity contribution is -0.128. The molecule has 8 heteroatoms. The maximum atomic E-state index is 13.7. The van der Waals surface area contributed by atoms with Gasteiger partial charge in [-0.1, -0.05) is 40.2 Å². The number of hydrogen-bond donors (Lipinski definition) is 1. The van der Waals surface area contributed by atoms with E-state index < -0.39 is 6.23 Å². The molecule has 1 N–H and O–H groups in total. The monoisotopic (exact) mass is 561 g/mol. The molecule has 0 saturated carbocycles. The van der Waals surface area contributed by atoms with Crippen molar-refractivity contribution >= 4 is 33.4 Å². The average Bonchev–Trinajstić information content (AvgIpc) is 3.48. The summed E-state index contributed by atoms with van der Waals surface area (Å²) in [7, 11) is 0. The summed E-state index contributed by atoms with van der Waals surface area (Å²) in [6.07, 6.45) is 4.02. The zero-order chi connectivity index (χ0) is 25.9. The van der Waals surface area contributed by atoms with E-state index >= 15 is 0 Å². The number of nitrogens with zero attached hydrogens (tertiary/aromatic N) is 2. The van der Waals surface area contributed by atoms with Crippen molar-refractivity contribution in [1.82, 2.24) is 9.47 Å². The van der Waals surface area contributed by atoms with Crippen LogP contribution >= 0.6 is 15.9 Å². The molecule has 6 nitrogen and oxygen atoms in total. The second kappa shape index (κ2) is 10.7. The summed E-state index contributed by atoms with van der Waals surface area (Å²) in [5.74, 6) is -0.514. The first kappa shape index (κ1) is 24.9. The predicted octanol–water partition coefficient (Wildman–Crippen LogP) is 6.10. The average molecular weight is 562 g/mol. The summed E-state index contributed by atoms with van der Waals surface area (Å²) in [5.41, 5.74) is 5.26. The van der Waals surface area contributed by atoms with E-state index in [4.69, 9.17) is 4.74 Å². The van der Waals surface area contributed by atoms with Gasteiger partial charge in [-0.3, -0.25) is 9.59 Å². The molecule has 0 radical (unpaired) electrons. The van der Waals surface area contributed by atoms with Crippen molar-refractivity contribution in [1.29, 1.82) is 0 Å². The van der Waals surface area contributed by atoms with Crippen LogP contribution in [0.15, 0.2) is 89.7 Å². The molecule has 1 aliphatic heterocycles. The molecule has 4 aromatic rings. The Labute approximate surface area is 222 Å². The van der Waals surface area contributed by atoms with Crippen LogP contribution < -0.4 is 5.32 Å². The number of anilines is 1.